The topological polar surface area (TPSA) is 84.3 Å². The predicted octanol–water partition coefficient (Wildman–Crippen LogP) is 6.12. The van der Waals surface area contributed by atoms with Crippen molar-refractivity contribution in [2.45, 2.75) is 12.1 Å². The van der Waals surface area contributed by atoms with Crippen LogP contribution in [-0.2, 0) is 4.79 Å². The summed E-state index contributed by atoms with van der Waals surface area (Å²) in [7, 11) is 0. The van der Waals surface area contributed by atoms with Crippen LogP contribution in [0.2, 0.25) is 5.02 Å². The van der Waals surface area contributed by atoms with Gasteiger partial charge in [0.05, 0.1) is 16.8 Å². The van der Waals surface area contributed by atoms with Crippen LogP contribution in [0.15, 0.2) is 116 Å². The van der Waals surface area contributed by atoms with Gasteiger partial charge in [-0.05, 0) is 85.0 Å². The monoisotopic (exact) mass is 580 g/mol. The molecule has 0 saturated carbocycles. The van der Waals surface area contributed by atoms with Crippen molar-refractivity contribution < 1.29 is 9.53 Å². The van der Waals surface area contributed by atoms with Crippen LogP contribution in [0.4, 0.5) is 11.4 Å². The molecular weight excluding hydrogens is 556 g/mol. The van der Waals surface area contributed by atoms with Crippen LogP contribution in [0.25, 0.3) is 5.82 Å². The van der Waals surface area contributed by atoms with Crippen molar-refractivity contribution in [3.05, 3.63) is 132 Å². The Hall–Kier alpha value is -4.73. The van der Waals surface area contributed by atoms with E-state index in [0.29, 0.717) is 21.6 Å². The standard InChI is InChI=1S/C31H25ClN6O2S/c32-21-11-16-27(34-19-21)37-18-6-10-26(37)30-29(25-9-4-5-17-33-25)36-31(41)38(30)23-14-12-22(13-15-23)35-28(39)20-40-24-7-2-1-3-8-24/h1-19,29-30H,20H2,(H,35,39)(H,36,41)/t29-,30+/m0/s1. The molecule has 8 nitrogen and oxygen atoms in total. The maximum atomic E-state index is 12.5. The maximum Gasteiger partial charge on any atom is 0.262 e. The fraction of sp³-hybridized carbons (Fsp3) is 0.0968. The molecule has 0 spiro atoms. The lowest BCUT2D eigenvalue weighted by atomic mass is 10.0. The van der Waals surface area contributed by atoms with Gasteiger partial charge in [-0.25, -0.2) is 4.98 Å². The number of ether oxygens (including phenoxy) is 1. The molecule has 5 aromatic rings. The van der Waals surface area contributed by atoms with Crippen LogP contribution < -0.4 is 20.3 Å². The Morgan fingerprint density at radius 3 is 2.49 bits per heavy atom. The number of benzene rings is 2. The summed E-state index contributed by atoms with van der Waals surface area (Å²) in [5.41, 5.74) is 3.35. The minimum atomic E-state index is -0.249. The van der Waals surface area contributed by atoms with E-state index in [0.717, 1.165) is 22.9 Å². The summed E-state index contributed by atoms with van der Waals surface area (Å²) in [6, 6.07) is 29.9. The number of anilines is 2. The molecule has 1 fully saturated rings. The molecule has 1 saturated heterocycles. The van der Waals surface area contributed by atoms with Crippen LogP contribution in [0, 0.1) is 0 Å². The summed E-state index contributed by atoms with van der Waals surface area (Å²) in [6.45, 7) is -0.0878. The quantitative estimate of drug-likeness (QED) is 0.214. The number of hydrogen-bond donors (Lipinski definition) is 2. The molecule has 1 aliphatic rings. The molecule has 41 heavy (non-hydrogen) atoms. The number of halogens is 1. The lowest BCUT2D eigenvalue weighted by molar-refractivity contribution is -0.118. The fourth-order valence-corrected chi connectivity index (χ4v) is 5.31. The largest absolute Gasteiger partial charge is 0.484 e. The van der Waals surface area contributed by atoms with Crippen molar-refractivity contribution >= 4 is 46.2 Å². The van der Waals surface area contributed by atoms with E-state index in [1.54, 1.807) is 12.4 Å². The Morgan fingerprint density at radius 2 is 1.76 bits per heavy atom. The number of nitrogens with one attached hydrogen (secondary N) is 2. The van der Waals surface area contributed by atoms with E-state index in [1.807, 2.05) is 102 Å². The number of nitrogens with zero attached hydrogens (tertiary/aromatic N) is 4. The Labute approximate surface area is 247 Å². The third-order valence-electron chi connectivity index (χ3n) is 6.68. The first-order valence-electron chi connectivity index (χ1n) is 12.9. The fourth-order valence-electron chi connectivity index (χ4n) is 4.86. The Bertz CT molecular complexity index is 1650. The van der Waals surface area contributed by atoms with E-state index in [9.17, 15) is 4.79 Å². The lowest BCUT2D eigenvalue weighted by Crippen LogP contribution is -2.30. The third-order valence-corrected chi connectivity index (χ3v) is 7.22. The summed E-state index contributed by atoms with van der Waals surface area (Å²) in [6.07, 6.45) is 5.37. The number of aromatic nitrogens is 3. The molecule has 2 aromatic carbocycles. The first-order valence-corrected chi connectivity index (χ1v) is 13.7. The van der Waals surface area contributed by atoms with Gasteiger partial charge in [-0.1, -0.05) is 35.9 Å². The van der Waals surface area contributed by atoms with Gasteiger partial charge in [0.2, 0.25) is 0 Å². The molecule has 10 heteroatoms. The molecule has 6 rings (SSSR count). The molecule has 2 N–H and O–H groups in total. The average molecular weight is 581 g/mol. The molecule has 3 aromatic heterocycles. The number of carbonyl (C=O) groups excluding carboxylic acids is 1. The Morgan fingerprint density at radius 1 is 0.951 bits per heavy atom. The van der Waals surface area contributed by atoms with Gasteiger partial charge in [0.1, 0.15) is 17.6 Å². The second-order valence-corrected chi connectivity index (χ2v) is 10.2. The normalized spacial score (nSPS) is 16.3. The molecule has 4 heterocycles. The highest BCUT2D eigenvalue weighted by Gasteiger charge is 2.42. The van der Waals surface area contributed by atoms with E-state index in [-0.39, 0.29) is 24.6 Å². The first kappa shape index (κ1) is 26.5. The van der Waals surface area contributed by atoms with Crippen molar-refractivity contribution in [2.75, 3.05) is 16.8 Å². The summed E-state index contributed by atoms with van der Waals surface area (Å²) >= 11 is 12.0. The van der Waals surface area contributed by atoms with E-state index in [2.05, 4.69) is 31.6 Å². The van der Waals surface area contributed by atoms with E-state index < -0.39 is 0 Å². The van der Waals surface area contributed by atoms with Crippen LogP contribution in [0.1, 0.15) is 23.5 Å². The molecule has 0 bridgehead atoms. The molecular formula is C31H25ClN6O2S. The predicted molar refractivity (Wildman–Crippen MR) is 164 cm³/mol. The summed E-state index contributed by atoms with van der Waals surface area (Å²) in [5, 5.41) is 7.50. The third kappa shape index (κ3) is 5.77. The average Bonchev–Trinajstić information content (AvgIpc) is 3.62. The van der Waals surface area contributed by atoms with Gasteiger partial charge in [0, 0.05) is 35.7 Å². The minimum Gasteiger partial charge on any atom is -0.484 e. The van der Waals surface area contributed by atoms with Gasteiger partial charge < -0.3 is 24.8 Å². The van der Waals surface area contributed by atoms with Gasteiger partial charge in [-0.2, -0.15) is 0 Å². The molecule has 204 valence electrons. The van der Waals surface area contributed by atoms with Crippen LogP contribution in [0.5, 0.6) is 5.75 Å². The molecule has 2 atom stereocenters. The highest BCUT2D eigenvalue weighted by Crippen LogP contribution is 2.42. The van der Waals surface area contributed by atoms with Crippen molar-refractivity contribution in [3.8, 4) is 11.6 Å². The van der Waals surface area contributed by atoms with Gasteiger partial charge in [-0.15, -0.1) is 0 Å². The second kappa shape index (κ2) is 11.8. The summed E-state index contributed by atoms with van der Waals surface area (Å²) in [4.78, 5) is 23.7. The van der Waals surface area contributed by atoms with Gasteiger partial charge in [0.15, 0.2) is 11.7 Å². The minimum absolute atomic E-state index is 0.0878. The van der Waals surface area contributed by atoms with Gasteiger partial charge in [0.25, 0.3) is 5.91 Å². The number of rotatable bonds is 8. The van der Waals surface area contributed by atoms with E-state index in [1.165, 1.54) is 0 Å². The zero-order valence-electron chi connectivity index (χ0n) is 21.7. The number of para-hydroxylation sites is 1. The molecule has 0 unspecified atom stereocenters. The van der Waals surface area contributed by atoms with E-state index in [4.69, 9.17) is 28.6 Å². The van der Waals surface area contributed by atoms with Gasteiger partial charge in [-0.3, -0.25) is 9.78 Å². The van der Waals surface area contributed by atoms with Crippen LogP contribution >= 0.6 is 23.8 Å². The summed E-state index contributed by atoms with van der Waals surface area (Å²) in [5.74, 6) is 1.13. The second-order valence-electron chi connectivity index (χ2n) is 9.33. The Kier molecular flexibility index (Phi) is 7.62. The van der Waals surface area contributed by atoms with Crippen LogP contribution in [-0.4, -0.2) is 32.2 Å². The highest BCUT2D eigenvalue weighted by molar-refractivity contribution is 7.80. The smallest absolute Gasteiger partial charge is 0.262 e. The molecule has 1 aliphatic heterocycles. The Balaban J connectivity index is 1.28. The first-order chi connectivity index (χ1) is 20.1. The van der Waals surface area contributed by atoms with Crippen molar-refractivity contribution in [3.63, 3.8) is 0 Å². The maximum absolute atomic E-state index is 12.5. The number of amides is 1. The number of thiocarbonyl (C=S) groups is 1. The molecule has 1 amide bonds. The number of carbonyl (C=O) groups is 1. The highest BCUT2D eigenvalue weighted by atomic mass is 35.5. The lowest BCUT2D eigenvalue weighted by Gasteiger charge is -2.29. The zero-order valence-corrected chi connectivity index (χ0v) is 23.3. The summed E-state index contributed by atoms with van der Waals surface area (Å²) < 4.78 is 7.58. The van der Waals surface area contributed by atoms with Crippen molar-refractivity contribution in [1.82, 2.24) is 19.9 Å². The zero-order chi connectivity index (χ0) is 28.2. The number of hydrogen-bond acceptors (Lipinski definition) is 5. The van der Waals surface area contributed by atoms with Crippen molar-refractivity contribution in [1.29, 1.82) is 0 Å². The van der Waals surface area contributed by atoms with E-state index >= 15 is 0 Å². The SMILES string of the molecule is O=C(COc1ccccc1)Nc1ccc(N2C(=S)N[C@@H](c3ccccn3)[C@H]2c2cccn2-c2ccc(Cl)cn2)cc1. The number of pyridine rings is 2. The molecule has 0 aliphatic carbocycles. The van der Waals surface area contributed by atoms with Crippen LogP contribution in [0.3, 0.4) is 0 Å². The van der Waals surface area contributed by atoms with Crippen molar-refractivity contribution in [2.24, 2.45) is 0 Å². The molecule has 0 radical (unpaired) electrons. The van der Waals surface area contributed by atoms with Gasteiger partial charge >= 0.3 is 0 Å².